The van der Waals surface area contributed by atoms with Gasteiger partial charge in [0.2, 0.25) is 5.91 Å². The van der Waals surface area contributed by atoms with Gasteiger partial charge in [0.15, 0.2) is 18.1 Å². The van der Waals surface area contributed by atoms with Crippen LogP contribution in [0.4, 0.5) is 4.79 Å². The number of nitrogens with zero attached hydrogens (tertiary/aromatic N) is 1. The number of thioether (sulfide) groups is 1. The van der Waals surface area contributed by atoms with Gasteiger partial charge in [-0.15, -0.1) is 0 Å². The van der Waals surface area contributed by atoms with Crippen molar-refractivity contribution in [3.8, 4) is 11.3 Å². The Hall–Kier alpha value is -3.09. The van der Waals surface area contributed by atoms with E-state index in [0.717, 1.165) is 13.1 Å². The molecule has 1 aromatic carbocycles. The molecular weight excluding hydrogens is 492 g/mol. The normalized spacial score (nSPS) is 15.2. The van der Waals surface area contributed by atoms with Crippen molar-refractivity contribution in [1.82, 2.24) is 10.2 Å². The van der Waals surface area contributed by atoms with Gasteiger partial charge < -0.3 is 28.4 Å². The summed E-state index contributed by atoms with van der Waals surface area (Å²) in [7, 11) is 0. The maximum atomic E-state index is 12.8. The molecule has 0 saturated carbocycles. The van der Waals surface area contributed by atoms with E-state index in [2.05, 4.69) is 10.2 Å². The first kappa shape index (κ1) is 27.5. The van der Waals surface area contributed by atoms with Gasteiger partial charge >= 0.3 is 17.1 Å². The molecule has 1 fully saturated rings. The minimum Gasteiger partial charge on any atom is -0.463 e. The van der Waals surface area contributed by atoms with Gasteiger partial charge in [0.05, 0.1) is 18.0 Å². The summed E-state index contributed by atoms with van der Waals surface area (Å²) in [4.78, 5) is 51.0. The van der Waals surface area contributed by atoms with Crippen LogP contribution in [0.2, 0.25) is 0 Å². The number of nitrogens with one attached hydrogen (secondary N) is 1. The quantitative estimate of drug-likeness (QED) is 0.461. The van der Waals surface area contributed by atoms with Crippen molar-refractivity contribution in [3.05, 3.63) is 46.7 Å². The molecule has 0 aliphatic carbocycles. The van der Waals surface area contributed by atoms with Gasteiger partial charge in [-0.25, -0.2) is 14.4 Å². The van der Waals surface area contributed by atoms with Crippen molar-refractivity contribution in [1.29, 1.82) is 0 Å². The Labute approximate surface area is 212 Å². The first-order chi connectivity index (χ1) is 17.2. The highest BCUT2D eigenvalue weighted by Gasteiger charge is 2.40. The minimum absolute atomic E-state index is 0.0545. The molecule has 2 aromatic rings. The number of benzene rings is 1. The van der Waals surface area contributed by atoms with E-state index in [1.54, 1.807) is 44.2 Å². The Morgan fingerprint density at radius 3 is 2.47 bits per heavy atom. The monoisotopic (exact) mass is 522 g/mol. The summed E-state index contributed by atoms with van der Waals surface area (Å²) in [6.45, 7) is 7.61. The summed E-state index contributed by atoms with van der Waals surface area (Å²) >= 11 is 0.716. The second-order valence-electron chi connectivity index (χ2n) is 8.57. The first-order valence-corrected chi connectivity index (χ1v) is 12.2. The summed E-state index contributed by atoms with van der Waals surface area (Å²) in [6.07, 6.45) is 0. The molecule has 1 aliphatic rings. The Morgan fingerprint density at radius 2 is 1.81 bits per heavy atom. The average molecular weight is 523 g/mol. The van der Waals surface area contributed by atoms with Crippen molar-refractivity contribution in [3.63, 3.8) is 0 Å². The summed E-state index contributed by atoms with van der Waals surface area (Å²) in [5, 5.41) is 1.83. The predicted molar refractivity (Wildman–Crippen MR) is 130 cm³/mol. The lowest BCUT2D eigenvalue weighted by atomic mass is 10.0. The van der Waals surface area contributed by atoms with Crippen molar-refractivity contribution in [2.24, 2.45) is 0 Å². The Balaban J connectivity index is 1.58. The van der Waals surface area contributed by atoms with E-state index in [0.29, 0.717) is 37.1 Å². The van der Waals surface area contributed by atoms with Crippen LogP contribution >= 0.6 is 11.8 Å². The van der Waals surface area contributed by atoms with Crippen LogP contribution in [0, 0.1) is 0 Å². The topological polar surface area (TPSA) is 138 Å². The van der Waals surface area contributed by atoms with Crippen LogP contribution in [0.5, 0.6) is 0 Å². The van der Waals surface area contributed by atoms with Crippen LogP contribution < -0.4 is 11.1 Å². The maximum Gasteiger partial charge on any atom is 0.519 e. The van der Waals surface area contributed by atoms with Gasteiger partial charge in [-0.05, 0) is 25.6 Å². The predicted octanol–water partition coefficient (Wildman–Crippen LogP) is 2.43. The number of carbonyl (C=O) groups excluding carboxylic acids is 3. The van der Waals surface area contributed by atoms with Gasteiger partial charge in [0, 0.05) is 32.1 Å². The van der Waals surface area contributed by atoms with Gasteiger partial charge in [-0.2, -0.15) is 0 Å². The lowest BCUT2D eigenvalue weighted by molar-refractivity contribution is -0.149. The van der Waals surface area contributed by atoms with Gasteiger partial charge in [0.1, 0.15) is 12.6 Å². The molecule has 1 amide bonds. The number of hydrogen-bond acceptors (Lipinski definition) is 11. The second kappa shape index (κ2) is 12.7. The lowest BCUT2D eigenvalue weighted by Crippen LogP contribution is -2.53. The van der Waals surface area contributed by atoms with Crippen LogP contribution in [0.25, 0.3) is 11.3 Å². The molecule has 0 unspecified atom stereocenters. The fourth-order valence-electron chi connectivity index (χ4n) is 3.54. The molecule has 1 N–H and O–H groups in total. The zero-order chi connectivity index (χ0) is 26.1. The molecule has 2 heterocycles. The highest BCUT2D eigenvalue weighted by atomic mass is 32.2. The van der Waals surface area contributed by atoms with Crippen LogP contribution in [-0.4, -0.2) is 72.3 Å². The van der Waals surface area contributed by atoms with Crippen molar-refractivity contribution in [2.45, 2.75) is 38.2 Å². The highest BCUT2D eigenvalue weighted by Crippen LogP contribution is 2.32. The molecule has 1 aliphatic heterocycles. The highest BCUT2D eigenvalue weighted by molar-refractivity contribution is 8.14. The molecule has 0 bridgehead atoms. The zero-order valence-electron chi connectivity index (χ0n) is 20.4. The zero-order valence-corrected chi connectivity index (χ0v) is 21.3. The van der Waals surface area contributed by atoms with E-state index in [4.69, 9.17) is 23.0 Å². The molecule has 0 radical (unpaired) electrons. The number of amides is 1. The van der Waals surface area contributed by atoms with Crippen molar-refractivity contribution in [2.75, 3.05) is 39.5 Å². The number of ether oxygens (including phenoxy) is 3. The van der Waals surface area contributed by atoms with E-state index >= 15 is 0 Å². The van der Waals surface area contributed by atoms with Crippen molar-refractivity contribution < 1.29 is 37.4 Å². The minimum atomic E-state index is -1.11. The largest absolute Gasteiger partial charge is 0.519 e. The third-order valence-corrected chi connectivity index (χ3v) is 6.43. The van der Waals surface area contributed by atoms with Crippen LogP contribution in [0.15, 0.2) is 44.0 Å². The number of esters is 1. The van der Waals surface area contributed by atoms with E-state index in [1.807, 2.05) is 0 Å². The lowest BCUT2D eigenvalue weighted by Gasteiger charge is -2.31. The van der Waals surface area contributed by atoms with Crippen LogP contribution in [-0.2, 0) is 30.4 Å². The number of hydrogen-bond donors (Lipinski definition) is 1. The first-order valence-electron chi connectivity index (χ1n) is 11.4. The second-order valence-corrected chi connectivity index (χ2v) is 10.2. The van der Waals surface area contributed by atoms with Gasteiger partial charge in [0.25, 0.3) is 0 Å². The summed E-state index contributed by atoms with van der Waals surface area (Å²) in [5.41, 5.74) is 0.591. The molecule has 1 aromatic heterocycles. The van der Waals surface area contributed by atoms with E-state index in [-0.39, 0.29) is 24.7 Å². The summed E-state index contributed by atoms with van der Waals surface area (Å²) in [6, 6.07) is 7.67. The van der Waals surface area contributed by atoms with Crippen LogP contribution in [0.1, 0.15) is 26.5 Å². The smallest absolute Gasteiger partial charge is 0.463 e. The van der Waals surface area contributed by atoms with E-state index in [9.17, 15) is 19.2 Å². The maximum absolute atomic E-state index is 12.8. The molecule has 0 spiro atoms. The fourth-order valence-corrected chi connectivity index (χ4v) is 4.36. The third kappa shape index (κ3) is 7.97. The molecule has 11 nitrogen and oxygen atoms in total. The Bertz CT molecular complexity index is 1090. The Morgan fingerprint density at radius 1 is 1.11 bits per heavy atom. The molecule has 1 atom stereocenters. The summed E-state index contributed by atoms with van der Waals surface area (Å²) in [5.74, 6) is -1.80. The van der Waals surface area contributed by atoms with Gasteiger partial charge in [-0.1, -0.05) is 30.3 Å². The van der Waals surface area contributed by atoms with Gasteiger partial charge in [-0.3, -0.25) is 9.69 Å². The molecular formula is C24H30N2O9S. The third-order valence-electron chi connectivity index (χ3n) is 5.38. The average Bonchev–Trinajstić information content (AvgIpc) is 3.22. The van der Waals surface area contributed by atoms with Crippen LogP contribution in [0.3, 0.4) is 0 Å². The fraction of sp³-hybridized carbons (Fsp3) is 0.500. The molecule has 3 rings (SSSR count). The van der Waals surface area contributed by atoms with E-state index < -0.39 is 33.8 Å². The summed E-state index contributed by atoms with van der Waals surface area (Å²) < 4.78 is 25.0. The number of rotatable bonds is 10. The van der Waals surface area contributed by atoms with Crippen molar-refractivity contribution >= 4 is 28.9 Å². The molecule has 12 heteroatoms. The van der Waals surface area contributed by atoms with E-state index in [1.165, 1.54) is 6.92 Å². The molecule has 36 heavy (non-hydrogen) atoms. The standard InChI is InChI=1S/C24H30N2O9S/c1-16(27)25-20(21(28)32-14-11-26-9-12-31-13-10-26)24(2,3)36-23(30)33-15-18-19(35-22(29)34-18)17-7-5-4-6-8-17/h4-8,20H,9-15H2,1-3H3,(H,25,27)/t20-/m0/s1. The number of morpholine rings is 1. The Kier molecular flexibility index (Phi) is 9.73. The molecule has 196 valence electrons. The molecule has 1 saturated heterocycles. The number of carbonyl (C=O) groups is 3. The SMILES string of the molecule is CC(=O)N[C@@H](C(=O)OCCN1CCOCC1)C(C)(C)SC(=O)OCc1oc(=O)oc1-c1ccccc1.